The van der Waals surface area contributed by atoms with Gasteiger partial charge in [0.2, 0.25) is 0 Å². The van der Waals surface area contributed by atoms with E-state index in [4.69, 9.17) is 6.42 Å². The van der Waals surface area contributed by atoms with Gasteiger partial charge < -0.3 is 34.0 Å². The number of hydrogen-bond acceptors (Lipinski definition) is 0. The van der Waals surface area contributed by atoms with Crippen molar-refractivity contribution in [1.82, 2.24) is 0 Å². The van der Waals surface area contributed by atoms with Crippen LogP contribution in [0, 0.1) is 18.3 Å². The van der Waals surface area contributed by atoms with Gasteiger partial charge in [-0.1, -0.05) is 6.42 Å². The standard InChI is InChI=1S/C6H8.2BrH.Mg/c1-2-6-4-3-5-6;;;/h1,6H,3-5H2;2*1H;/q;;;+2/p-2. The molecule has 0 N–H and O–H groups in total. The van der Waals surface area contributed by atoms with E-state index in [2.05, 4.69) is 5.92 Å². The summed E-state index contributed by atoms with van der Waals surface area (Å²) in [6.07, 6.45) is 8.99. The molecule has 1 saturated carbocycles. The van der Waals surface area contributed by atoms with Gasteiger partial charge in [-0.05, 0) is 12.8 Å². The zero-order valence-corrected chi connectivity index (χ0v) is 9.83. The summed E-state index contributed by atoms with van der Waals surface area (Å²) in [6, 6.07) is 0. The van der Waals surface area contributed by atoms with Gasteiger partial charge in [-0.3, -0.25) is 0 Å². The van der Waals surface area contributed by atoms with Crippen LogP contribution in [0.2, 0.25) is 0 Å². The minimum absolute atomic E-state index is 0. The second kappa shape index (κ2) is 9.29. The van der Waals surface area contributed by atoms with Crippen LogP contribution in [0.25, 0.3) is 0 Å². The van der Waals surface area contributed by atoms with Crippen LogP contribution in [0.1, 0.15) is 19.3 Å². The van der Waals surface area contributed by atoms with Crippen molar-refractivity contribution in [2.75, 3.05) is 0 Å². The Balaban J connectivity index is -0.000000120. The van der Waals surface area contributed by atoms with E-state index in [1.807, 2.05) is 0 Å². The van der Waals surface area contributed by atoms with Gasteiger partial charge in [-0.15, -0.1) is 12.3 Å². The predicted molar refractivity (Wildman–Crippen MR) is 31.9 cm³/mol. The second-order valence-corrected chi connectivity index (χ2v) is 1.79. The molecule has 1 aliphatic rings. The zero-order valence-electron chi connectivity index (χ0n) is 5.24. The van der Waals surface area contributed by atoms with Gasteiger partial charge in [0.25, 0.3) is 0 Å². The first-order valence-corrected chi connectivity index (χ1v) is 2.39. The van der Waals surface area contributed by atoms with Gasteiger partial charge in [-0.2, -0.15) is 0 Å². The molecule has 0 nitrogen and oxygen atoms in total. The van der Waals surface area contributed by atoms with Crippen molar-refractivity contribution in [2.24, 2.45) is 5.92 Å². The molecule has 0 aromatic heterocycles. The molecule has 0 aromatic rings. The topological polar surface area (TPSA) is 0 Å². The van der Waals surface area contributed by atoms with Crippen molar-refractivity contribution in [3.05, 3.63) is 0 Å². The van der Waals surface area contributed by atoms with Crippen molar-refractivity contribution in [3.8, 4) is 12.3 Å². The average molecular weight is 264 g/mol. The molecule has 0 amide bonds. The third-order valence-corrected chi connectivity index (χ3v) is 1.34. The van der Waals surface area contributed by atoms with E-state index in [1.165, 1.54) is 19.3 Å². The van der Waals surface area contributed by atoms with Gasteiger partial charge in [0.05, 0.1) is 0 Å². The monoisotopic (exact) mass is 262 g/mol. The van der Waals surface area contributed by atoms with Gasteiger partial charge in [0, 0.05) is 5.92 Å². The minimum Gasteiger partial charge on any atom is -1.00 e. The predicted octanol–water partition coefficient (Wildman–Crippen LogP) is -4.95. The first kappa shape index (κ1) is 16.7. The fourth-order valence-corrected chi connectivity index (χ4v) is 0.575. The van der Waals surface area contributed by atoms with Crippen LogP contribution < -0.4 is 34.0 Å². The zero-order chi connectivity index (χ0) is 4.41. The molecule has 1 fully saturated rings. The third kappa shape index (κ3) is 5.72. The van der Waals surface area contributed by atoms with Crippen LogP contribution in [-0.4, -0.2) is 23.1 Å². The Morgan fingerprint density at radius 2 is 1.67 bits per heavy atom. The Kier molecular flexibility index (Phi) is 17.2. The van der Waals surface area contributed by atoms with E-state index >= 15 is 0 Å². The SMILES string of the molecule is C#CC1CCC1.[Br-].[Br-].[Mg+2]. The number of halogens is 2. The largest absolute Gasteiger partial charge is 2.00 e. The van der Waals surface area contributed by atoms with Crippen LogP contribution in [-0.2, 0) is 0 Å². The number of terminal acetylenes is 1. The Labute approximate surface area is 93.9 Å². The maximum absolute atomic E-state index is 5.08. The third-order valence-electron chi connectivity index (χ3n) is 1.34. The Morgan fingerprint density at radius 1 is 1.22 bits per heavy atom. The van der Waals surface area contributed by atoms with Crippen LogP contribution in [0.4, 0.5) is 0 Å². The van der Waals surface area contributed by atoms with E-state index in [1.54, 1.807) is 0 Å². The molecule has 0 unspecified atom stereocenters. The van der Waals surface area contributed by atoms with Crippen molar-refractivity contribution in [1.29, 1.82) is 0 Å². The second-order valence-electron chi connectivity index (χ2n) is 1.79. The number of rotatable bonds is 0. The summed E-state index contributed by atoms with van der Waals surface area (Å²) >= 11 is 0. The Morgan fingerprint density at radius 3 is 1.67 bits per heavy atom. The van der Waals surface area contributed by atoms with Gasteiger partial charge in [0.15, 0.2) is 0 Å². The van der Waals surface area contributed by atoms with Crippen molar-refractivity contribution >= 4 is 23.1 Å². The minimum atomic E-state index is 0. The van der Waals surface area contributed by atoms with E-state index in [0.29, 0.717) is 5.92 Å². The summed E-state index contributed by atoms with van der Waals surface area (Å²) in [4.78, 5) is 0. The quantitative estimate of drug-likeness (QED) is 0.304. The fourth-order valence-electron chi connectivity index (χ4n) is 0.575. The van der Waals surface area contributed by atoms with E-state index in [0.717, 1.165) is 0 Å². The number of hydrogen-bond donors (Lipinski definition) is 0. The van der Waals surface area contributed by atoms with E-state index < -0.39 is 0 Å². The summed E-state index contributed by atoms with van der Waals surface area (Å²) in [5.74, 6) is 3.34. The van der Waals surface area contributed by atoms with E-state index in [9.17, 15) is 0 Å². The maximum atomic E-state index is 5.08. The molecular formula is C6H8Br2Mg. The first-order valence-electron chi connectivity index (χ1n) is 2.39. The summed E-state index contributed by atoms with van der Waals surface area (Å²) in [7, 11) is 0. The fraction of sp³-hybridized carbons (Fsp3) is 0.667. The first-order chi connectivity index (χ1) is 2.93. The van der Waals surface area contributed by atoms with Gasteiger partial charge in [0.1, 0.15) is 0 Å². The summed E-state index contributed by atoms with van der Waals surface area (Å²) in [5, 5.41) is 0. The molecular weight excluding hydrogens is 256 g/mol. The molecule has 0 atom stereocenters. The molecule has 0 heterocycles. The van der Waals surface area contributed by atoms with Gasteiger partial charge in [-0.25, -0.2) is 0 Å². The maximum Gasteiger partial charge on any atom is 2.00 e. The molecule has 0 bridgehead atoms. The summed E-state index contributed by atoms with van der Waals surface area (Å²) in [5.41, 5.74) is 0. The Bertz CT molecular complexity index is 83.5. The molecule has 48 valence electrons. The molecule has 9 heavy (non-hydrogen) atoms. The van der Waals surface area contributed by atoms with Crippen molar-refractivity contribution in [2.45, 2.75) is 19.3 Å². The van der Waals surface area contributed by atoms with Crippen LogP contribution in [0.5, 0.6) is 0 Å². The molecule has 0 spiro atoms. The molecule has 0 radical (unpaired) electrons. The van der Waals surface area contributed by atoms with Crippen molar-refractivity contribution in [3.63, 3.8) is 0 Å². The molecule has 1 rings (SSSR count). The van der Waals surface area contributed by atoms with Crippen LogP contribution in [0.3, 0.4) is 0 Å². The normalized spacial score (nSPS) is 14.6. The molecule has 3 heteroatoms. The summed E-state index contributed by atoms with van der Waals surface area (Å²) < 4.78 is 0. The molecule has 0 saturated heterocycles. The smallest absolute Gasteiger partial charge is 1.00 e. The van der Waals surface area contributed by atoms with E-state index in [-0.39, 0.29) is 57.0 Å². The molecule has 0 aliphatic heterocycles. The molecule has 1 aliphatic carbocycles. The molecule has 0 aromatic carbocycles. The van der Waals surface area contributed by atoms with Gasteiger partial charge >= 0.3 is 23.1 Å². The Hall–Kier alpha value is 1.29. The average Bonchev–Trinajstić information content (AvgIpc) is 1.31. The van der Waals surface area contributed by atoms with Crippen LogP contribution >= 0.6 is 0 Å². The summed E-state index contributed by atoms with van der Waals surface area (Å²) in [6.45, 7) is 0. The van der Waals surface area contributed by atoms with Crippen molar-refractivity contribution < 1.29 is 34.0 Å². The van der Waals surface area contributed by atoms with Crippen LogP contribution in [0.15, 0.2) is 0 Å².